The summed E-state index contributed by atoms with van der Waals surface area (Å²) in [7, 11) is -4.27. The van der Waals surface area contributed by atoms with Crippen molar-refractivity contribution in [2.24, 2.45) is 10.8 Å². The minimum absolute atomic E-state index is 0.00256. The number of rotatable bonds is 6. The lowest BCUT2D eigenvalue weighted by Gasteiger charge is -2.61. The molecule has 3 aromatic rings. The van der Waals surface area contributed by atoms with Crippen molar-refractivity contribution in [2.45, 2.75) is 108 Å². The third kappa shape index (κ3) is 6.40. The molecule has 3 fully saturated rings. The van der Waals surface area contributed by atoms with Gasteiger partial charge in [-0.3, -0.25) is 4.79 Å². The predicted molar refractivity (Wildman–Crippen MR) is 179 cm³/mol. The minimum atomic E-state index is -4.44. The number of nitrogens with one attached hydrogen (secondary N) is 2. The van der Waals surface area contributed by atoms with Gasteiger partial charge in [0.25, 0.3) is 15.9 Å². The molecule has 2 N–H and O–H groups in total. The van der Waals surface area contributed by atoms with Gasteiger partial charge in [-0.2, -0.15) is 18.2 Å². The van der Waals surface area contributed by atoms with Crippen molar-refractivity contribution in [3.05, 3.63) is 65.2 Å². The summed E-state index contributed by atoms with van der Waals surface area (Å²) in [5.41, 5.74) is 1.14. The van der Waals surface area contributed by atoms with Crippen molar-refractivity contribution < 1.29 is 31.1 Å². The normalized spacial score (nSPS) is 27.1. The molecule has 262 valence electrons. The number of alkyl halides is 3. The van der Waals surface area contributed by atoms with E-state index in [1.807, 2.05) is 32.0 Å². The molecule has 7 rings (SSSR count). The Balaban J connectivity index is 1.31. The Kier molecular flexibility index (Phi) is 8.25. The van der Waals surface area contributed by atoms with Gasteiger partial charge in [-0.25, -0.2) is 18.1 Å². The highest BCUT2D eigenvalue weighted by Gasteiger charge is 2.65. The fraction of sp³-hybridized carbons (Fsp3) is 0.528. The Labute approximate surface area is 285 Å². The van der Waals surface area contributed by atoms with Gasteiger partial charge < -0.3 is 15.0 Å². The van der Waals surface area contributed by atoms with Crippen LogP contribution in [0, 0.1) is 24.7 Å². The number of carbonyl (C=O) groups is 1. The van der Waals surface area contributed by atoms with Gasteiger partial charge in [0.05, 0.1) is 22.0 Å². The van der Waals surface area contributed by atoms with Gasteiger partial charge in [0.15, 0.2) is 0 Å². The number of fused-ring (bicyclic) bond motifs is 4. The fourth-order valence-electron chi connectivity index (χ4n) is 8.31. The number of sulfonamides is 1. The van der Waals surface area contributed by atoms with Crippen molar-refractivity contribution in [3.63, 3.8) is 0 Å². The number of nitrogens with zero attached hydrogens (tertiary/aromatic N) is 3. The van der Waals surface area contributed by atoms with E-state index >= 15 is 0 Å². The summed E-state index contributed by atoms with van der Waals surface area (Å²) in [4.78, 5) is 24.8. The molecule has 13 heteroatoms. The second-order valence-electron chi connectivity index (χ2n) is 15.0. The summed E-state index contributed by atoms with van der Waals surface area (Å²) in [5.74, 6) is -0.755. The number of amides is 1. The molecular formula is C36H42F3N5O4S. The predicted octanol–water partition coefficient (Wildman–Crippen LogP) is 6.81. The van der Waals surface area contributed by atoms with E-state index in [9.17, 15) is 26.4 Å². The van der Waals surface area contributed by atoms with E-state index in [2.05, 4.69) is 33.9 Å². The van der Waals surface area contributed by atoms with Gasteiger partial charge in [-0.15, -0.1) is 0 Å². The van der Waals surface area contributed by atoms with E-state index in [-0.39, 0.29) is 59.6 Å². The van der Waals surface area contributed by atoms with Gasteiger partial charge in [0.1, 0.15) is 6.61 Å². The van der Waals surface area contributed by atoms with E-state index in [1.54, 1.807) is 11.0 Å². The van der Waals surface area contributed by atoms with Gasteiger partial charge in [-0.1, -0.05) is 38.1 Å². The number of aryl methyl sites for hydroxylation is 2. The topological polar surface area (TPSA) is 114 Å². The second kappa shape index (κ2) is 12.0. The summed E-state index contributed by atoms with van der Waals surface area (Å²) >= 11 is 0. The average molecular weight is 698 g/mol. The molecule has 1 spiro atoms. The molecule has 49 heavy (non-hydrogen) atoms. The molecule has 0 saturated heterocycles. The number of aromatic nitrogens is 2. The zero-order valence-corrected chi connectivity index (χ0v) is 28.9. The molecule has 1 atom stereocenters. The highest BCUT2D eigenvalue weighted by atomic mass is 32.2. The SMILES string of the molecule is Cc1cccc(C)c1-c1cc2nc(n1)NS(=O)(=O)c1cccc(c1)C(=O)N([C@H]1CC3(C[C@H](NC(C)C)C3)C1)[C@H](CC1(C(F)(F)F)CC1)CO2. The van der Waals surface area contributed by atoms with Crippen molar-refractivity contribution in [3.8, 4) is 17.1 Å². The molecular weight excluding hydrogens is 655 g/mol. The summed E-state index contributed by atoms with van der Waals surface area (Å²) < 4.78 is 79.5. The molecule has 4 bridgehead atoms. The molecule has 9 nitrogen and oxygen atoms in total. The number of ether oxygens (including phenoxy) is 1. The summed E-state index contributed by atoms with van der Waals surface area (Å²) in [6.45, 7) is 7.76. The zero-order chi connectivity index (χ0) is 34.9. The lowest BCUT2D eigenvalue weighted by atomic mass is 9.51. The van der Waals surface area contributed by atoms with E-state index in [1.165, 1.54) is 24.3 Å². The fourth-order valence-corrected chi connectivity index (χ4v) is 9.30. The zero-order valence-electron chi connectivity index (χ0n) is 28.1. The average Bonchev–Trinajstić information content (AvgIpc) is 3.77. The third-order valence-corrected chi connectivity index (χ3v) is 12.2. The molecule has 1 aromatic heterocycles. The van der Waals surface area contributed by atoms with E-state index < -0.39 is 33.6 Å². The van der Waals surface area contributed by atoms with Gasteiger partial charge in [-0.05, 0) is 93.5 Å². The maximum Gasteiger partial charge on any atom is 0.394 e. The van der Waals surface area contributed by atoms with E-state index in [4.69, 9.17) is 4.74 Å². The van der Waals surface area contributed by atoms with Crippen LogP contribution in [0.2, 0.25) is 0 Å². The summed E-state index contributed by atoms with van der Waals surface area (Å²) in [6.07, 6.45) is -1.57. The first kappa shape index (κ1) is 33.8. The molecule has 3 saturated carbocycles. The highest BCUT2D eigenvalue weighted by molar-refractivity contribution is 7.92. The number of hydrogen-bond donors (Lipinski definition) is 2. The molecule has 4 aliphatic rings. The molecule has 1 amide bonds. The van der Waals surface area contributed by atoms with Gasteiger partial charge in [0.2, 0.25) is 11.8 Å². The van der Waals surface area contributed by atoms with Crippen molar-refractivity contribution in [1.29, 1.82) is 0 Å². The van der Waals surface area contributed by atoms with Crippen molar-refractivity contribution in [1.82, 2.24) is 20.2 Å². The summed E-state index contributed by atoms with van der Waals surface area (Å²) in [5, 5.41) is 3.56. The van der Waals surface area contributed by atoms with E-state index in [0.717, 1.165) is 29.5 Å². The standard InChI is InChI=1S/C36H42F3N5O4S/c1-21(2)40-25-15-34(16-25)17-26(18-34)44-27(19-35(11-12-35)36(37,38)39)20-48-30-14-29(31-22(3)7-5-8-23(31)4)41-33(42-30)43-49(46,47)28-10-6-9-24(13-28)32(44)45/h5-10,13-14,21,25-27,40H,11-12,15-20H2,1-4H3,(H,41,42,43)/t25-,26-,27-,34?/m1/s1. The van der Waals surface area contributed by atoms with Crippen LogP contribution in [-0.4, -0.2) is 66.1 Å². The Bertz CT molecular complexity index is 1860. The quantitative estimate of drug-likeness (QED) is 0.291. The smallest absolute Gasteiger partial charge is 0.394 e. The number of anilines is 1. The Hall–Kier alpha value is -3.71. The van der Waals surface area contributed by atoms with Crippen LogP contribution >= 0.6 is 0 Å². The Morgan fingerprint density at radius 3 is 2.33 bits per heavy atom. The maximum absolute atomic E-state index is 14.5. The minimum Gasteiger partial charge on any atom is -0.475 e. The molecule has 0 radical (unpaired) electrons. The maximum atomic E-state index is 14.5. The first-order valence-electron chi connectivity index (χ1n) is 16.9. The Morgan fingerprint density at radius 2 is 1.69 bits per heavy atom. The molecule has 2 aromatic carbocycles. The first-order chi connectivity index (χ1) is 23.1. The van der Waals surface area contributed by atoms with Crippen molar-refractivity contribution in [2.75, 3.05) is 11.3 Å². The van der Waals surface area contributed by atoms with Crippen LogP contribution in [-0.2, 0) is 10.0 Å². The Morgan fingerprint density at radius 1 is 1.02 bits per heavy atom. The van der Waals surface area contributed by atoms with E-state index in [0.29, 0.717) is 30.6 Å². The number of hydrogen-bond acceptors (Lipinski definition) is 7. The second-order valence-corrected chi connectivity index (χ2v) is 16.6. The number of benzene rings is 2. The largest absolute Gasteiger partial charge is 0.475 e. The summed E-state index contributed by atoms with van der Waals surface area (Å²) in [6, 6.07) is 12.4. The van der Waals surface area contributed by atoms with Crippen LogP contribution < -0.4 is 14.8 Å². The molecule has 3 aliphatic carbocycles. The van der Waals surface area contributed by atoms with Crippen LogP contribution in [0.5, 0.6) is 5.88 Å². The highest BCUT2D eigenvalue weighted by Crippen LogP contribution is 2.62. The van der Waals surface area contributed by atoms with Crippen LogP contribution in [0.25, 0.3) is 11.3 Å². The van der Waals surface area contributed by atoms with Crippen LogP contribution in [0.4, 0.5) is 19.1 Å². The first-order valence-corrected chi connectivity index (χ1v) is 18.4. The lowest BCUT2D eigenvalue weighted by molar-refractivity contribution is -0.194. The third-order valence-electron chi connectivity index (χ3n) is 10.8. The van der Waals surface area contributed by atoms with Crippen LogP contribution in [0.15, 0.2) is 53.4 Å². The van der Waals surface area contributed by atoms with Crippen molar-refractivity contribution >= 4 is 21.9 Å². The molecule has 0 unspecified atom stereocenters. The molecule has 2 heterocycles. The molecule has 1 aliphatic heterocycles. The monoisotopic (exact) mass is 697 g/mol. The lowest BCUT2D eigenvalue weighted by Crippen LogP contribution is -2.64. The number of halogens is 3. The van der Waals surface area contributed by atoms with Gasteiger partial charge >= 0.3 is 6.18 Å². The number of carbonyl (C=O) groups excluding carboxylic acids is 1. The van der Waals surface area contributed by atoms with Crippen LogP contribution in [0.3, 0.4) is 0 Å². The van der Waals surface area contributed by atoms with Gasteiger partial charge in [0, 0.05) is 35.3 Å². The van der Waals surface area contributed by atoms with Crippen LogP contribution in [0.1, 0.15) is 80.3 Å².